The van der Waals surface area contributed by atoms with Crippen molar-refractivity contribution in [2.75, 3.05) is 0 Å². The lowest BCUT2D eigenvalue weighted by molar-refractivity contribution is -0.131. The molecule has 20 heavy (non-hydrogen) atoms. The van der Waals surface area contributed by atoms with Crippen LogP contribution in [0.25, 0.3) is 6.08 Å². The number of nitrogens with one attached hydrogen (secondary N) is 1. The molecule has 108 valence electrons. The fourth-order valence-corrected chi connectivity index (χ4v) is 3.51. The summed E-state index contributed by atoms with van der Waals surface area (Å²) in [5.41, 5.74) is 0.834. The maximum absolute atomic E-state index is 12.3. The molecule has 0 saturated heterocycles. The molecule has 0 aliphatic heterocycles. The van der Waals surface area contributed by atoms with Crippen LogP contribution in [0.3, 0.4) is 0 Å². The van der Waals surface area contributed by atoms with Gasteiger partial charge in [-0.05, 0) is 44.4 Å². The van der Waals surface area contributed by atoms with Crippen molar-refractivity contribution in [3.8, 4) is 0 Å². The average molecular weight is 293 g/mol. The van der Waals surface area contributed by atoms with Crippen LogP contribution >= 0.6 is 11.3 Å². The lowest BCUT2D eigenvalue weighted by Crippen LogP contribution is -2.43. The third kappa shape index (κ3) is 3.48. The molecule has 0 atom stereocenters. The number of hydrogen-bond acceptors (Lipinski definition) is 3. The fraction of sp³-hybridized carbons (Fsp3) is 0.467. The van der Waals surface area contributed by atoms with Gasteiger partial charge in [0.2, 0.25) is 0 Å². The number of rotatable bonds is 4. The summed E-state index contributed by atoms with van der Waals surface area (Å²) >= 11 is 1.33. The second-order valence-electron chi connectivity index (χ2n) is 5.55. The molecule has 0 radical (unpaired) electrons. The van der Waals surface area contributed by atoms with E-state index in [4.69, 9.17) is 5.11 Å². The molecule has 1 heterocycles. The molecule has 1 saturated carbocycles. The highest BCUT2D eigenvalue weighted by molar-refractivity contribution is 7.15. The molecule has 4 nitrogen and oxygen atoms in total. The van der Waals surface area contributed by atoms with Crippen LogP contribution in [0.4, 0.5) is 0 Å². The van der Waals surface area contributed by atoms with Crippen LogP contribution in [0.1, 0.15) is 52.7 Å². The number of carbonyl (C=O) groups is 2. The standard InChI is InChI=1S/C15H19NO3S/c1-10-9-12(20-11(10)5-6-13(17)18)14(19)16-15(2)7-3-4-8-15/h5-6,9H,3-4,7-8H2,1-2H3,(H,16,19)(H,17,18)/b6-5+. The number of carboxylic acid groups (broad SMARTS) is 1. The van der Waals surface area contributed by atoms with Crippen molar-refractivity contribution in [2.45, 2.75) is 45.1 Å². The van der Waals surface area contributed by atoms with E-state index in [1.165, 1.54) is 17.4 Å². The molecule has 0 aromatic carbocycles. The Kier molecular flexibility index (Phi) is 4.28. The molecule has 1 fully saturated rings. The lowest BCUT2D eigenvalue weighted by atomic mass is 10.0. The number of aliphatic carboxylic acids is 1. The van der Waals surface area contributed by atoms with Crippen LogP contribution in [0.15, 0.2) is 12.1 Å². The summed E-state index contributed by atoms with van der Waals surface area (Å²) in [5, 5.41) is 11.8. The zero-order valence-corrected chi connectivity index (χ0v) is 12.5. The molecule has 0 spiro atoms. The molecule has 2 N–H and O–H groups in total. The van der Waals surface area contributed by atoms with Crippen LogP contribution in [-0.2, 0) is 4.79 Å². The van der Waals surface area contributed by atoms with Crippen molar-refractivity contribution in [3.05, 3.63) is 27.5 Å². The zero-order valence-electron chi connectivity index (χ0n) is 11.7. The Balaban J connectivity index is 2.11. The number of carboxylic acids is 1. The molecule has 1 aliphatic carbocycles. The molecule has 5 heteroatoms. The first-order valence-corrected chi connectivity index (χ1v) is 7.55. The Morgan fingerprint density at radius 2 is 2.05 bits per heavy atom. The van der Waals surface area contributed by atoms with E-state index in [0.717, 1.165) is 42.2 Å². The fourth-order valence-electron chi connectivity index (χ4n) is 2.54. The SMILES string of the molecule is Cc1cc(C(=O)NC2(C)CCCC2)sc1/C=C/C(=O)O. The van der Waals surface area contributed by atoms with Crippen LogP contribution in [0.2, 0.25) is 0 Å². The third-order valence-electron chi connectivity index (χ3n) is 3.68. The van der Waals surface area contributed by atoms with Crippen LogP contribution in [-0.4, -0.2) is 22.5 Å². The smallest absolute Gasteiger partial charge is 0.328 e. The van der Waals surface area contributed by atoms with E-state index in [9.17, 15) is 9.59 Å². The quantitative estimate of drug-likeness (QED) is 0.838. The predicted octanol–water partition coefficient (Wildman–Crippen LogP) is 3.22. The topological polar surface area (TPSA) is 66.4 Å². The first kappa shape index (κ1) is 14.8. The van der Waals surface area contributed by atoms with E-state index in [1.54, 1.807) is 0 Å². The van der Waals surface area contributed by atoms with Gasteiger partial charge in [-0.25, -0.2) is 4.79 Å². The first-order chi connectivity index (χ1) is 9.39. The van der Waals surface area contributed by atoms with E-state index in [-0.39, 0.29) is 11.4 Å². The highest BCUT2D eigenvalue weighted by Gasteiger charge is 2.30. The Hall–Kier alpha value is -1.62. The molecule has 0 unspecified atom stereocenters. The van der Waals surface area contributed by atoms with Gasteiger partial charge < -0.3 is 10.4 Å². The maximum atomic E-state index is 12.3. The van der Waals surface area contributed by atoms with Gasteiger partial charge in [-0.3, -0.25) is 4.79 Å². The molecule has 1 amide bonds. The minimum atomic E-state index is -0.984. The summed E-state index contributed by atoms with van der Waals surface area (Å²) in [6.45, 7) is 3.97. The lowest BCUT2D eigenvalue weighted by Gasteiger charge is -2.24. The summed E-state index contributed by atoms with van der Waals surface area (Å²) in [6.07, 6.45) is 7.00. The highest BCUT2D eigenvalue weighted by atomic mass is 32.1. The van der Waals surface area contributed by atoms with Crippen molar-refractivity contribution >= 4 is 29.3 Å². The normalized spacial score (nSPS) is 17.5. The Labute approximate surface area is 122 Å². The van der Waals surface area contributed by atoms with Crippen molar-refractivity contribution in [3.63, 3.8) is 0 Å². The highest BCUT2D eigenvalue weighted by Crippen LogP contribution is 2.30. The van der Waals surface area contributed by atoms with Gasteiger partial charge >= 0.3 is 5.97 Å². The van der Waals surface area contributed by atoms with Crippen molar-refractivity contribution in [2.24, 2.45) is 0 Å². The van der Waals surface area contributed by atoms with Gasteiger partial charge in [-0.15, -0.1) is 11.3 Å². The number of hydrogen-bond donors (Lipinski definition) is 2. The maximum Gasteiger partial charge on any atom is 0.328 e. The molecule has 1 aromatic rings. The van der Waals surface area contributed by atoms with Gasteiger partial charge in [0.05, 0.1) is 4.88 Å². The van der Waals surface area contributed by atoms with E-state index >= 15 is 0 Å². The number of thiophene rings is 1. The summed E-state index contributed by atoms with van der Waals surface area (Å²) in [4.78, 5) is 24.3. The predicted molar refractivity (Wildman–Crippen MR) is 80.1 cm³/mol. The van der Waals surface area contributed by atoms with Crippen molar-refractivity contribution in [1.29, 1.82) is 0 Å². The van der Waals surface area contributed by atoms with Gasteiger partial charge in [0.25, 0.3) is 5.91 Å². The first-order valence-electron chi connectivity index (χ1n) is 6.74. The summed E-state index contributed by atoms with van der Waals surface area (Å²) in [7, 11) is 0. The molecule has 0 bridgehead atoms. The minimum Gasteiger partial charge on any atom is -0.478 e. The molecular weight excluding hydrogens is 274 g/mol. The largest absolute Gasteiger partial charge is 0.478 e. The Morgan fingerprint density at radius 1 is 1.40 bits per heavy atom. The van der Waals surface area contributed by atoms with Gasteiger partial charge in [0.1, 0.15) is 0 Å². The van der Waals surface area contributed by atoms with E-state index < -0.39 is 5.97 Å². The number of carbonyl (C=O) groups excluding carboxylic acids is 1. The number of aryl methyl sites for hydroxylation is 1. The van der Waals surface area contributed by atoms with Crippen LogP contribution in [0.5, 0.6) is 0 Å². The Morgan fingerprint density at radius 3 is 2.65 bits per heavy atom. The van der Waals surface area contributed by atoms with Gasteiger partial charge in [-0.1, -0.05) is 12.8 Å². The minimum absolute atomic E-state index is 0.0579. The van der Waals surface area contributed by atoms with E-state index in [2.05, 4.69) is 12.2 Å². The van der Waals surface area contributed by atoms with Crippen LogP contribution in [0, 0.1) is 6.92 Å². The third-order valence-corrected chi connectivity index (χ3v) is 4.88. The second-order valence-corrected chi connectivity index (χ2v) is 6.64. The second kappa shape index (κ2) is 5.79. The molecule has 1 aliphatic rings. The molecule has 1 aromatic heterocycles. The monoisotopic (exact) mass is 293 g/mol. The van der Waals surface area contributed by atoms with Gasteiger partial charge in [0, 0.05) is 16.5 Å². The number of amides is 1. The summed E-state index contributed by atoms with van der Waals surface area (Å²) in [5.74, 6) is -1.04. The van der Waals surface area contributed by atoms with E-state index in [1.807, 2.05) is 13.0 Å². The average Bonchev–Trinajstić information content (AvgIpc) is 2.93. The molecular formula is C15H19NO3S. The van der Waals surface area contributed by atoms with Crippen LogP contribution < -0.4 is 5.32 Å². The van der Waals surface area contributed by atoms with Crippen molar-refractivity contribution < 1.29 is 14.7 Å². The Bertz CT molecular complexity index is 553. The van der Waals surface area contributed by atoms with Gasteiger partial charge in [-0.2, -0.15) is 0 Å². The summed E-state index contributed by atoms with van der Waals surface area (Å²) in [6, 6.07) is 1.82. The van der Waals surface area contributed by atoms with Gasteiger partial charge in [0.15, 0.2) is 0 Å². The van der Waals surface area contributed by atoms with E-state index in [0.29, 0.717) is 4.88 Å². The summed E-state index contributed by atoms with van der Waals surface area (Å²) < 4.78 is 0. The molecule has 2 rings (SSSR count). The van der Waals surface area contributed by atoms with Crippen molar-refractivity contribution in [1.82, 2.24) is 5.32 Å². The zero-order chi connectivity index (χ0) is 14.8.